The van der Waals surface area contributed by atoms with E-state index in [1.807, 2.05) is 18.3 Å². The number of fused-ring (bicyclic) bond motifs is 2. The third-order valence-corrected chi connectivity index (χ3v) is 5.86. The van der Waals surface area contributed by atoms with Crippen LogP contribution in [0, 0.1) is 5.82 Å². The lowest BCUT2D eigenvalue weighted by Crippen LogP contribution is -2.37. The predicted octanol–water partition coefficient (Wildman–Crippen LogP) is 6.62. The Hall–Kier alpha value is -3.27. The van der Waals surface area contributed by atoms with Gasteiger partial charge < -0.3 is 14.6 Å². The Morgan fingerprint density at radius 2 is 1.80 bits per heavy atom. The van der Waals surface area contributed by atoms with Crippen molar-refractivity contribution < 1.29 is 9.13 Å². The van der Waals surface area contributed by atoms with Crippen molar-refractivity contribution in [1.29, 1.82) is 0 Å². The fourth-order valence-electron chi connectivity index (χ4n) is 4.35. The first-order valence-corrected chi connectivity index (χ1v) is 10.6. The number of H-pyrrole nitrogens is 1. The van der Waals surface area contributed by atoms with Gasteiger partial charge in [0.05, 0.1) is 12.2 Å². The van der Waals surface area contributed by atoms with Crippen LogP contribution in [0.1, 0.15) is 24.8 Å². The molecule has 1 N–H and O–H groups in total. The van der Waals surface area contributed by atoms with Crippen molar-refractivity contribution in [3.63, 3.8) is 0 Å². The van der Waals surface area contributed by atoms with Gasteiger partial charge in [-0.1, -0.05) is 30.3 Å². The fraction of sp³-hybridized carbons (Fsp3) is 0.231. The first-order chi connectivity index (χ1) is 14.8. The predicted molar refractivity (Wildman–Crippen MR) is 120 cm³/mol. The number of ether oxygens (including phenoxy) is 1. The number of unbranched alkanes of at least 4 members (excludes halogenated alkanes) is 1. The van der Waals surface area contributed by atoms with E-state index in [1.165, 1.54) is 17.3 Å². The average molecular weight is 400 g/mol. The Bertz CT molecular complexity index is 1140. The van der Waals surface area contributed by atoms with Gasteiger partial charge in [-0.05, 0) is 73.7 Å². The second kappa shape index (κ2) is 8.23. The van der Waals surface area contributed by atoms with Crippen LogP contribution in [-0.2, 0) is 6.42 Å². The highest BCUT2D eigenvalue weighted by Crippen LogP contribution is 2.38. The number of aromatic amines is 1. The number of para-hydroxylation sites is 3. The summed E-state index contributed by atoms with van der Waals surface area (Å²) in [6, 6.07) is 23.7. The monoisotopic (exact) mass is 400 g/mol. The molecule has 4 heteroatoms. The molecule has 0 bridgehead atoms. The Morgan fingerprint density at radius 3 is 2.70 bits per heavy atom. The number of aryl methyl sites for hydroxylation is 1. The van der Waals surface area contributed by atoms with E-state index in [2.05, 4.69) is 52.3 Å². The molecule has 1 unspecified atom stereocenters. The van der Waals surface area contributed by atoms with E-state index in [0.717, 1.165) is 54.6 Å². The molecule has 0 aliphatic carbocycles. The van der Waals surface area contributed by atoms with Gasteiger partial charge in [0.1, 0.15) is 17.7 Å². The molecule has 3 nitrogen and oxygen atoms in total. The minimum atomic E-state index is -0.182. The highest BCUT2D eigenvalue weighted by atomic mass is 19.1. The van der Waals surface area contributed by atoms with Crippen LogP contribution in [0.5, 0.6) is 5.75 Å². The molecule has 5 rings (SSSR count). The highest BCUT2D eigenvalue weighted by Gasteiger charge is 2.26. The molecule has 0 spiro atoms. The first kappa shape index (κ1) is 18.7. The third kappa shape index (κ3) is 3.78. The minimum Gasteiger partial charge on any atom is -0.486 e. The number of hydrogen-bond acceptors (Lipinski definition) is 2. The number of halogens is 1. The second-order valence-corrected chi connectivity index (χ2v) is 7.90. The van der Waals surface area contributed by atoms with E-state index >= 15 is 0 Å². The van der Waals surface area contributed by atoms with Crippen molar-refractivity contribution in [3.8, 4) is 5.75 Å². The summed E-state index contributed by atoms with van der Waals surface area (Å²) in [5.41, 5.74) is 4.50. The van der Waals surface area contributed by atoms with Crippen LogP contribution in [0.25, 0.3) is 10.9 Å². The van der Waals surface area contributed by atoms with Crippen molar-refractivity contribution in [2.24, 2.45) is 0 Å². The van der Waals surface area contributed by atoms with E-state index in [4.69, 9.17) is 4.74 Å². The maximum atomic E-state index is 13.6. The zero-order valence-corrected chi connectivity index (χ0v) is 16.9. The van der Waals surface area contributed by atoms with Crippen molar-refractivity contribution >= 4 is 22.3 Å². The Kier molecular flexibility index (Phi) is 5.14. The first-order valence-electron chi connectivity index (χ1n) is 10.6. The Morgan fingerprint density at radius 1 is 0.967 bits per heavy atom. The number of rotatable bonds is 6. The Balaban J connectivity index is 1.24. The normalized spacial score (nSPS) is 15.8. The van der Waals surface area contributed by atoms with E-state index < -0.39 is 0 Å². The molecular formula is C26H25FN2O. The van der Waals surface area contributed by atoms with Crippen molar-refractivity contribution in [3.05, 3.63) is 90.4 Å². The summed E-state index contributed by atoms with van der Waals surface area (Å²) in [7, 11) is 0. The minimum absolute atomic E-state index is 0.153. The van der Waals surface area contributed by atoms with Gasteiger partial charge in [0.15, 0.2) is 0 Å². The summed E-state index contributed by atoms with van der Waals surface area (Å²) >= 11 is 0. The molecular weight excluding hydrogens is 375 g/mol. The second-order valence-electron chi connectivity index (χ2n) is 7.90. The number of hydrogen-bond donors (Lipinski definition) is 1. The topological polar surface area (TPSA) is 28.3 Å². The smallest absolute Gasteiger partial charge is 0.143 e. The van der Waals surface area contributed by atoms with Gasteiger partial charge in [-0.25, -0.2) is 4.39 Å². The average Bonchev–Trinajstić information content (AvgIpc) is 3.18. The molecule has 1 atom stereocenters. The van der Waals surface area contributed by atoms with E-state index in [1.54, 1.807) is 12.1 Å². The lowest BCUT2D eigenvalue weighted by Gasteiger charge is -2.36. The van der Waals surface area contributed by atoms with Crippen LogP contribution in [0.3, 0.4) is 0 Å². The van der Waals surface area contributed by atoms with Crippen molar-refractivity contribution in [2.75, 3.05) is 11.4 Å². The van der Waals surface area contributed by atoms with Crippen LogP contribution in [0.15, 0.2) is 79.0 Å². The molecule has 1 aliphatic rings. The van der Waals surface area contributed by atoms with Gasteiger partial charge >= 0.3 is 0 Å². The Labute approximate surface area is 176 Å². The number of anilines is 2. The van der Waals surface area contributed by atoms with Crippen molar-refractivity contribution in [1.82, 2.24) is 4.98 Å². The van der Waals surface area contributed by atoms with Crippen LogP contribution in [0.2, 0.25) is 0 Å². The zero-order chi connectivity index (χ0) is 20.3. The standard InChI is InChI=1S/C26H25FN2O/c27-20-14-15-24-23(16-20)19(17-28-24)8-4-5-11-22-18-29(21-9-2-1-3-10-21)25-12-6-7-13-26(25)30-22/h1-3,6-7,9-10,12-17,22,28H,4-5,8,11,18H2. The molecule has 0 saturated carbocycles. The zero-order valence-electron chi connectivity index (χ0n) is 16.9. The lowest BCUT2D eigenvalue weighted by atomic mass is 10.0. The summed E-state index contributed by atoms with van der Waals surface area (Å²) in [5, 5.41) is 0.994. The van der Waals surface area contributed by atoms with E-state index in [-0.39, 0.29) is 11.9 Å². The maximum absolute atomic E-state index is 13.6. The summed E-state index contributed by atoms with van der Waals surface area (Å²) in [6.07, 6.45) is 6.21. The number of aromatic nitrogens is 1. The molecule has 152 valence electrons. The van der Waals surface area contributed by atoms with E-state index in [0.29, 0.717) is 0 Å². The van der Waals surface area contributed by atoms with Crippen LogP contribution >= 0.6 is 0 Å². The summed E-state index contributed by atoms with van der Waals surface area (Å²) in [5.74, 6) is 0.767. The van der Waals surface area contributed by atoms with E-state index in [9.17, 15) is 4.39 Å². The summed E-state index contributed by atoms with van der Waals surface area (Å²) in [4.78, 5) is 5.60. The molecule has 0 radical (unpaired) electrons. The van der Waals surface area contributed by atoms with Crippen LogP contribution in [0.4, 0.5) is 15.8 Å². The molecule has 3 aromatic carbocycles. The molecule has 1 aliphatic heterocycles. The molecule has 2 heterocycles. The van der Waals surface area contributed by atoms with Gasteiger partial charge in [-0.3, -0.25) is 0 Å². The van der Waals surface area contributed by atoms with Gasteiger partial charge in [0.2, 0.25) is 0 Å². The third-order valence-electron chi connectivity index (χ3n) is 5.86. The van der Waals surface area contributed by atoms with Gasteiger partial charge in [-0.15, -0.1) is 0 Å². The van der Waals surface area contributed by atoms with Crippen LogP contribution < -0.4 is 9.64 Å². The molecule has 30 heavy (non-hydrogen) atoms. The van der Waals surface area contributed by atoms with Gasteiger partial charge in [0.25, 0.3) is 0 Å². The lowest BCUT2D eigenvalue weighted by molar-refractivity contribution is 0.184. The summed E-state index contributed by atoms with van der Waals surface area (Å²) in [6.45, 7) is 0.847. The SMILES string of the molecule is Fc1ccc2[nH]cc(CCCCC3CN(c4ccccc4)c4ccccc4O3)c2c1. The number of nitrogens with one attached hydrogen (secondary N) is 1. The molecule has 0 amide bonds. The van der Waals surface area contributed by atoms with Gasteiger partial charge in [-0.2, -0.15) is 0 Å². The quantitative estimate of drug-likeness (QED) is 0.368. The van der Waals surface area contributed by atoms with Crippen LogP contribution in [-0.4, -0.2) is 17.6 Å². The maximum Gasteiger partial charge on any atom is 0.143 e. The number of nitrogens with zero attached hydrogens (tertiary/aromatic N) is 1. The molecule has 1 aromatic heterocycles. The van der Waals surface area contributed by atoms with Gasteiger partial charge in [0, 0.05) is 22.8 Å². The molecule has 4 aromatic rings. The highest BCUT2D eigenvalue weighted by molar-refractivity contribution is 5.83. The molecule has 0 fully saturated rings. The van der Waals surface area contributed by atoms with Crippen molar-refractivity contribution in [2.45, 2.75) is 31.8 Å². The largest absolute Gasteiger partial charge is 0.486 e. The molecule has 0 saturated heterocycles. The fourth-order valence-corrected chi connectivity index (χ4v) is 4.35. The number of benzene rings is 3. The summed E-state index contributed by atoms with van der Waals surface area (Å²) < 4.78 is 19.9.